The molecule has 6 heteroatoms. The van der Waals surface area contributed by atoms with Crippen LogP contribution in [-0.4, -0.2) is 37.5 Å². The molecule has 1 atom stereocenters. The molecule has 3 rings (SSSR count). The fourth-order valence-electron chi connectivity index (χ4n) is 2.79. The molecule has 1 amide bonds. The van der Waals surface area contributed by atoms with Crippen LogP contribution in [0.1, 0.15) is 17.5 Å². The van der Waals surface area contributed by atoms with Gasteiger partial charge in [-0.2, -0.15) is 0 Å². The number of aryl methyl sites for hydroxylation is 1. The molecule has 2 heterocycles. The molecule has 114 valence electrons. The van der Waals surface area contributed by atoms with Crippen molar-refractivity contribution in [2.75, 3.05) is 0 Å². The van der Waals surface area contributed by atoms with E-state index < -0.39 is 12.0 Å². The topological polar surface area (TPSA) is 75.4 Å². The van der Waals surface area contributed by atoms with Gasteiger partial charge in [-0.1, -0.05) is 24.3 Å². The van der Waals surface area contributed by atoms with Gasteiger partial charge < -0.3 is 14.6 Å². The van der Waals surface area contributed by atoms with Gasteiger partial charge in [0.2, 0.25) is 5.91 Å². The third kappa shape index (κ3) is 2.86. The fourth-order valence-corrected chi connectivity index (χ4v) is 2.79. The second-order valence-electron chi connectivity index (χ2n) is 5.40. The summed E-state index contributed by atoms with van der Waals surface area (Å²) < 4.78 is 1.81. The lowest BCUT2D eigenvalue weighted by Gasteiger charge is -2.34. The van der Waals surface area contributed by atoms with Crippen LogP contribution in [0, 0.1) is 0 Å². The Balaban J connectivity index is 1.75. The Labute approximate surface area is 128 Å². The number of aliphatic carboxylic acids is 1. The zero-order chi connectivity index (χ0) is 15.5. The number of nitrogens with zero attached hydrogens (tertiary/aromatic N) is 3. The van der Waals surface area contributed by atoms with Gasteiger partial charge in [-0.25, -0.2) is 9.78 Å². The molecule has 1 aromatic carbocycles. The van der Waals surface area contributed by atoms with Gasteiger partial charge in [0.15, 0.2) is 0 Å². The van der Waals surface area contributed by atoms with Crippen molar-refractivity contribution in [2.24, 2.45) is 0 Å². The van der Waals surface area contributed by atoms with Gasteiger partial charge in [-0.05, 0) is 11.1 Å². The normalized spacial score (nSPS) is 17.1. The van der Waals surface area contributed by atoms with Gasteiger partial charge in [0.1, 0.15) is 6.04 Å². The summed E-state index contributed by atoms with van der Waals surface area (Å²) in [4.78, 5) is 29.4. The first-order valence-electron chi connectivity index (χ1n) is 7.20. The maximum Gasteiger partial charge on any atom is 0.326 e. The Morgan fingerprint density at radius 3 is 2.73 bits per heavy atom. The second-order valence-corrected chi connectivity index (χ2v) is 5.40. The maximum atomic E-state index is 12.4. The van der Waals surface area contributed by atoms with Crippen molar-refractivity contribution in [3.8, 4) is 0 Å². The molecule has 0 radical (unpaired) electrons. The average Bonchev–Trinajstić information content (AvgIpc) is 3.04. The van der Waals surface area contributed by atoms with Crippen molar-refractivity contribution >= 4 is 11.9 Å². The van der Waals surface area contributed by atoms with Gasteiger partial charge in [-0.15, -0.1) is 0 Å². The van der Waals surface area contributed by atoms with E-state index in [1.807, 2.05) is 28.8 Å². The van der Waals surface area contributed by atoms with Gasteiger partial charge in [0.25, 0.3) is 0 Å². The molecule has 0 fully saturated rings. The number of carboxylic acid groups (broad SMARTS) is 1. The van der Waals surface area contributed by atoms with E-state index in [1.54, 1.807) is 18.7 Å². The fraction of sp³-hybridized carbons (Fsp3) is 0.312. The summed E-state index contributed by atoms with van der Waals surface area (Å²) in [6.07, 6.45) is 5.72. The predicted octanol–water partition coefficient (Wildman–Crippen LogP) is 1.31. The summed E-state index contributed by atoms with van der Waals surface area (Å²) in [5, 5.41) is 9.43. The molecule has 0 aliphatic carbocycles. The first-order chi connectivity index (χ1) is 10.6. The van der Waals surface area contributed by atoms with E-state index >= 15 is 0 Å². The minimum absolute atomic E-state index is 0.143. The summed E-state index contributed by atoms with van der Waals surface area (Å²) in [6.45, 7) is 0.860. The lowest BCUT2D eigenvalue weighted by molar-refractivity contribution is -0.151. The third-order valence-electron chi connectivity index (χ3n) is 4.00. The van der Waals surface area contributed by atoms with Crippen molar-refractivity contribution in [2.45, 2.75) is 32.0 Å². The first-order valence-corrected chi connectivity index (χ1v) is 7.20. The number of fused-ring (bicyclic) bond motifs is 1. The summed E-state index contributed by atoms with van der Waals surface area (Å²) in [5.41, 5.74) is 2.03. The van der Waals surface area contributed by atoms with Gasteiger partial charge in [-0.3, -0.25) is 4.79 Å². The minimum Gasteiger partial charge on any atom is -0.480 e. The molecule has 0 spiro atoms. The largest absolute Gasteiger partial charge is 0.480 e. The number of hydrogen-bond donors (Lipinski definition) is 1. The van der Waals surface area contributed by atoms with Crippen LogP contribution in [-0.2, 0) is 29.1 Å². The van der Waals surface area contributed by atoms with Crippen LogP contribution in [0.3, 0.4) is 0 Å². The van der Waals surface area contributed by atoms with Crippen LogP contribution in [0.15, 0.2) is 43.0 Å². The van der Waals surface area contributed by atoms with Crippen LogP contribution >= 0.6 is 0 Å². The number of imidazole rings is 1. The zero-order valence-corrected chi connectivity index (χ0v) is 12.1. The van der Waals surface area contributed by atoms with Crippen LogP contribution < -0.4 is 0 Å². The Hall–Kier alpha value is -2.63. The van der Waals surface area contributed by atoms with Crippen molar-refractivity contribution < 1.29 is 14.7 Å². The molecule has 1 aromatic heterocycles. The number of aromatic nitrogens is 2. The number of rotatable bonds is 4. The van der Waals surface area contributed by atoms with E-state index in [-0.39, 0.29) is 12.3 Å². The first kappa shape index (κ1) is 14.3. The number of carboxylic acids is 1. The average molecular weight is 299 g/mol. The van der Waals surface area contributed by atoms with Crippen LogP contribution in [0.4, 0.5) is 0 Å². The highest BCUT2D eigenvalue weighted by Crippen LogP contribution is 2.24. The van der Waals surface area contributed by atoms with Crippen molar-refractivity contribution in [3.63, 3.8) is 0 Å². The van der Waals surface area contributed by atoms with E-state index in [1.165, 1.54) is 4.90 Å². The summed E-state index contributed by atoms with van der Waals surface area (Å²) in [5.74, 6) is -1.10. The molecule has 1 N–H and O–H groups in total. The maximum absolute atomic E-state index is 12.4. The number of benzene rings is 1. The molecule has 0 saturated carbocycles. The zero-order valence-electron chi connectivity index (χ0n) is 12.1. The Bertz CT molecular complexity index is 682. The molecule has 22 heavy (non-hydrogen) atoms. The molecule has 1 aliphatic rings. The molecule has 0 bridgehead atoms. The van der Waals surface area contributed by atoms with Crippen molar-refractivity contribution in [1.29, 1.82) is 0 Å². The summed E-state index contributed by atoms with van der Waals surface area (Å²) in [7, 11) is 0. The SMILES string of the molecule is O=C(O)[C@@H]1Cc2ccccc2CN1C(=O)CCn1ccnc1. The second kappa shape index (κ2) is 6.01. The smallest absolute Gasteiger partial charge is 0.326 e. The lowest BCUT2D eigenvalue weighted by Crippen LogP contribution is -2.48. The highest BCUT2D eigenvalue weighted by molar-refractivity contribution is 5.84. The molecule has 6 nitrogen and oxygen atoms in total. The third-order valence-corrected chi connectivity index (χ3v) is 4.00. The number of carbonyl (C=O) groups excluding carboxylic acids is 1. The molecule has 0 unspecified atom stereocenters. The molecule has 0 saturated heterocycles. The molecule has 2 aromatic rings. The van der Waals surface area contributed by atoms with Gasteiger partial charge in [0, 0.05) is 38.3 Å². The number of hydrogen-bond acceptors (Lipinski definition) is 3. The van der Waals surface area contributed by atoms with Crippen molar-refractivity contribution in [3.05, 3.63) is 54.1 Å². The highest BCUT2D eigenvalue weighted by atomic mass is 16.4. The van der Waals surface area contributed by atoms with E-state index in [2.05, 4.69) is 4.98 Å². The molecular weight excluding hydrogens is 282 g/mol. The lowest BCUT2D eigenvalue weighted by atomic mass is 9.93. The van der Waals surface area contributed by atoms with Crippen molar-refractivity contribution in [1.82, 2.24) is 14.5 Å². The molecular formula is C16H17N3O3. The quantitative estimate of drug-likeness (QED) is 0.923. The minimum atomic E-state index is -0.953. The number of amides is 1. The summed E-state index contributed by atoms with van der Waals surface area (Å²) >= 11 is 0. The summed E-state index contributed by atoms with van der Waals surface area (Å²) in [6, 6.07) is 6.90. The van der Waals surface area contributed by atoms with Gasteiger partial charge >= 0.3 is 5.97 Å². The highest BCUT2D eigenvalue weighted by Gasteiger charge is 2.34. The Morgan fingerprint density at radius 2 is 2.05 bits per heavy atom. The monoisotopic (exact) mass is 299 g/mol. The van der Waals surface area contributed by atoms with E-state index in [9.17, 15) is 14.7 Å². The van der Waals surface area contributed by atoms with E-state index in [0.717, 1.165) is 11.1 Å². The Kier molecular flexibility index (Phi) is 3.91. The van der Waals surface area contributed by atoms with Crippen LogP contribution in [0.2, 0.25) is 0 Å². The van der Waals surface area contributed by atoms with Crippen LogP contribution in [0.5, 0.6) is 0 Å². The van der Waals surface area contributed by atoms with Gasteiger partial charge in [0.05, 0.1) is 6.33 Å². The van der Waals surface area contributed by atoms with Crippen LogP contribution in [0.25, 0.3) is 0 Å². The predicted molar refractivity (Wildman–Crippen MR) is 79.0 cm³/mol. The van der Waals surface area contributed by atoms with E-state index in [0.29, 0.717) is 19.5 Å². The standard InChI is InChI=1S/C16H17N3O3/c20-15(5-7-18-8-6-17-11-18)19-10-13-4-2-1-3-12(13)9-14(19)16(21)22/h1-4,6,8,11,14H,5,7,9-10H2,(H,21,22)/t14-/m0/s1. The molecule has 1 aliphatic heterocycles. The Morgan fingerprint density at radius 1 is 1.27 bits per heavy atom. The van der Waals surface area contributed by atoms with E-state index in [4.69, 9.17) is 0 Å². The number of carbonyl (C=O) groups is 2.